The van der Waals surface area contributed by atoms with Gasteiger partial charge in [0.2, 0.25) is 0 Å². The molecule has 0 aromatic heterocycles. The van der Waals surface area contributed by atoms with E-state index in [4.69, 9.17) is 10.2 Å². The molecule has 0 bridgehead atoms. The molecule has 1 aromatic carbocycles. The highest BCUT2D eigenvalue weighted by atomic mass is 16.6. The van der Waals surface area contributed by atoms with Crippen LogP contribution in [0.2, 0.25) is 0 Å². The maximum atomic E-state index is 11.1. The minimum Gasteiger partial charge on any atom is -0.395 e. The first-order valence-electron chi connectivity index (χ1n) is 6.26. The molecule has 3 N–H and O–H groups in total. The maximum Gasteiger partial charge on any atom is 0.296 e. The van der Waals surface area contributed by atoms with Crippen molar-refractivity contribution in [2.75, 3.05) is 42.8 Å². The van der Waals surface area contributed by atoms with Crippen molar-refractivity contribution in [1.82, 2.24) is 0 Å². The summed E-state index contributed by atoms with van der Waals surface area (Å²) >= 11 is 0. The fourth-order valence-electron chi connectivity index (χ4n) is 1.85. The van der Waals surface area contributed by atoms with Crippen molar-refractivity contribution in [2.45, 2.75) is 6.92 Å². The molecule has 0 fully saturated rings. The third-order valence-electron chi connectivity index (χ3n) is 2.84. The van der Waals surface area contributed by atoms with E-state index >= 15 is 0 Å². The SMILES string of the molecule is CCN(O)c1ccc(N(CCO)CCO)cc1[N+](=O)[O-]. The van der Waals surface area contributed by atoms with Crippen LogP contribution in [-0.2, 0) is 0 Å². The number of hydrogen-bond donors (Lipinski definition) is 3. The van der Waals surface area contributed by atoms with Crippen LogP contribution in [0.25, 0.3) is 0 Å². The Morgan fingerprint density at radius 2 is 1.85 bits per heavy atom. The molecule has 20 heavy (non-hydrogen) atoms. The summed E-state index contributed by atoms with van der Waals surface area (Å²) in [5, 5.41) is 39.5. The zero-order valence-corrected chi connectivity index (χ0v) is 11.3. The molecule has 0 radical (unpaired) electrons. The number of nitro benzene ring substituents is 1. The van der Waals surface area contributed by atoms with E-state index in [1.54, 1.807) is 17.9 Å². The quantitative estimate of drug-likeness (QED) is 0.474. The first kappa shape index (κ1) is 16.2. The second-order valence-electron chi connectivity index (χ2n) is 4.08. The number of aliphatic hydroxyl groups excluding tert-OH is 2. The lowest BCUT2D eigenvalue weighted by Crippen LogP contribution is -2.29. The van der Waals surface area contributed by atoms with Gasteiger partial charge in [-0.2, -0.15) is 0 Å². The van der Waals surface area contributed by atoms with Gasteiger partial charge in [0.05, 0.1) is 18.1 Å². The summed E-state index contributed by atoms with van der Waals surface area (Å²) in [5.41, 5.74) is 0.384. The number of benzene rings is 1. The van der Waals surface area contributed by atoms with Crippen molar-refractivity contribution in [1.29, 1.82) is 0 Å². The Hall–Kier alpha value is -1.90. The van der Waals surface area contributed by atoms with Crippen LogP contribution in [0, 0.1) is 10.1 Å². The second kappa shape index (κ2) is 7.63. The van der Waals surface area contributed by atoms with Gasteiger partial charge >= 0.3 is 0 Å². The van der Waals surface area contributed by atoms with E-state index in [9.17, 15) is 15.3 Å². The topological polar surface area (TPSA) is 110 Å². The average Bonchev–Trinajstić information content (AvgIpc) is 2.45. The highest BCUT2D eigenvalue weighted by Crippen LogP contribution is 2.31. The van der Waals surface area contributed by atoms with Gasteiger partial charge in [-0.3, -0.25) is 20.4 Å². The molecule has 0 heterocycles. The molecule has 8 nitrogen and oxygen atoms in total. The van der Waals surface area contributed by atoms with Crippen molar-refractivity contribution in [3.05, 3.63) is 28.3 Å². The van der Waals surface area contributed by atoms with Crippen molar-refractivity contribution < 1.29 is 20.3 Å². The lowest BCUT2D eigenvalue weighted by molar-refractivity contribution is -0.384. The lowest BCUT2D eigenvalue weighted by atomic mass is 10.2. The molecule has 8 heteroatoms. The molecule has 0 saturated heterocycles. The lowest BCUT2D eigenvalue weighted by Gasteiger charge is -2.23. The van der Waals surface area contributed by atoms with Crippen LogP contribution < -0.4 is 9.96 Å². The van der Waals surface area contributed by atoms with Crippen LogP contribution in [0.1, 0.15) is 6.92 Å². The number of hydroxylamine groups is 1. The standard InChI is InChI=1S/C12H19N3O5/c1-2-14(18)11-4-3-10(9-12(11)15(19)20)13(5-7-16)6-8-17/h3-4,9,16-18H,2,5-8H2,1H3. The number of anilines is 2. The minimum atomic E-state index is -0.576. The molecule has 0 atom stereocenters. The normalized spacial score (nSPS) is 10.4. The molecule has 1 aromatic rings. The predicted molar refractivity (Wildman–Crippen MR) is 74.3 cm³/mol. The van der Waals surface area contributed by atoms with Gasteiger partial charge in [0.15, 0.2) is 0 Å². The van der Waals surface area contributed by atoms with E-state index in [-0.39, 0.29) is 44.2 Å². The number of nitro groups is 1. The Morgan fingerprint density at radius 1 is 1.25 bits per heavy atom. The molecular formula is C12H19N3O5. The summed E-state index contributed by atoms with van der Waals surface area (Å²) in [4.78, 5) is 12.1. The summed E-state index contributed by atoms with van der Waals surface area (Å²) in [6.07, 6.45) is 0. The second-order valence-corrected chi connectivity index (χ2v) is 4.08. The Balaban J connectivity index is 3.17. The molecule has 0 unspecified atom stereocenters. The summed E-state index contributed by atoms with van der Waals surface area (Å²) in [7, 11) is 0. The zero-order valence-electron chi connectivity index (χ0n) is 11.3. The maximum absolute atomic E-state index is 11.1. The number of hydrogen-bond acceptors (Lipinski definition) is 7. The fraction of sp³-hybridized carbons (Fsp3) is 0.500. The van der Waals surface area contributed by atoms with Crippen molar-refractivity contribution in [3.63, 3.8) is 0 Å². The Kier molecular flexibility index (Phi) is 6.16. The largest absolute Gasteiger partial charge is 0.395 e. The van der Waals surface area contributed by atoms with E-state index in [1.807, 2.05) is 0 Å². The highest BCUT2D eigenvalue weighted by Gasteiger charge is 2.20. The van der Waals surface area contributed by atoms with E-state index in [1.165, 1.54) is 12.1 Å². The van der Waals surface area contributed by atoms with Crippen molar-refractivity contribution >= 4 is 17.1 Å². The third-order valence-corrected chi connectivity index (χ3v) is 2.84. The number of nitrogens with zero attached hydrogens (tertiary/aromatic N) is 3. The van der Waals surface area contributed by atoms with Crippen LogP contribution >= 0.6 is 0 Å². The van der Waals surface area contributed by atoms with Gasteiger partial charge in [-0.15, -0.1) is 0 Å². The highest BCUT2D eigenvalue weighted by molar-refractivity contribution is 5.68. The van der Waals surface area contributed by atoms with Gasteiger partial charge < -0.3 is 15.1 Å². The minimum absolute atomic E-state index is 0.106. The average molecular weight is 285 g/mol. The molecule has 0 aliphatic carbocycles. The van der Waals surface area contributed by atoms with Gasteiger partial charge in [-0.25, -0.2) is 0 Å². The Labute approximate surface area is 116 Å². The van der Waals surface area contributed by atoms with Gasteiger partial charge in [0.1, 0.15) is 5.69 Å². The molecule has 0 saturated carbocycles. The molecule has 0 amide bonds. The van der Waals surface area contributed by atoms with Gasteiger partial charge in [-0.1, -0.05) is 0 Å². The summed E-state index contributed by atoms with van der Waals surface area (Å²) < 4.78 is 0. The van der Waals surface area contributed by atoms with Gasteiger partial charge in [0.25, 0.3) is 5.69 Å². The summed E-state index contributed by atoms with van der Waals surface area (Å²) in [6.45, 7) is 2.15. The van der Waals surface area contributed by atoms with Crippen LogP contribution in [-0.4, -0.2) is 53.2 Å². The van der Waals surface area contributed by atoms with E-state index in [0.717, 1.165) is 5.06 Å². The monoisotopic (exact) mass is 285 g/mol. The molecular weight excluding hydrogens is 266 g/mol. The Morgan fingerprint density at radius 3 is 2.30 bits per heavy atom. The third kappa shape index (κ3) is 3.80. The predicted octanol–water partition coefficient (Wildman–Crippen LogP) is 0.601. The summed E-state index contributed by atoms with van der Waals surface area (Å²) in [6, 6.07) is 4.37. The number of aliphatic hydroxyl groups is 2. The molecule has 0 aliphatic heterocycles. The van der Waals surface area contributed by atoms with Gasteiger partial charge in [0, 0.05) is 31.4 Å². The van der Waals surface area contributed by atoms with Crippen molar-refractivity contribution in [2.24, 2.45) is 0 Å². The zero-order chi connectivity index (χ0) is 15.1. The first-order valence-corrected chi connectivity index (χ1v) is 6.26. The van der Waals surface area contributed by atoms with Crippen LogP contribution in [0.15, 0.2) is 18.2 Å². The molecule has 0 aliphatic rings. The van der Waals surface area contributed by atoms with E-state index in [0.29, 0.717) is 5.69 Å². The molecule has 112 valence electrons. The smallest absolute Gasteiger partial charge is 0.296 e. The Bertz CT molecular complexity index is 449. The molecule has 1 rings (SSSR count). The molecule has 0 spiro atoms. The van der Waals surface area contributed by atoms with E-state index < -0.39 is 4.92 Å². The van der Waals surface area contributed by atoms with Crippen LogP contribution in [0.5, 0.6) is 0 Å². The number of rotatable bonds is 8. The van der Waals surface area contributed by atoms with Gasteiger partial charge in [-0.05, 0) is 19.1 Å². The van der Waals surface area contributed by atoms with Crippen molar-refractivity contribution in [3.8, 4) is 0 Å². The first-order chi connectivity index (χ1) is 9.54. The summed E-state index contributed by atoms with van der Waals surface area (Å²) in [5.74, 6) is 0. The van der Waals surface area contributed by atoms with Crippen LogP contribution in [0.4, 0.5) is 17.1 Å². The fourth-order valence-corrected chi connectivity index (χ4v) is 1.85. The van der Waals surface area contributed by atoms with Crippen LogP contribution in [0.3, 0.4) is 0 Å². The van der Waals surface area contributed by atoms with E-state index in [2.05, 4.69) is 0 Å².